The van der Waals surface area contributed by atoms with Gasteiger partial charge in [-0.1, -0.05) is 26.0 Å². The highest BCUT2D eigenvalue weighted by atomic mass is 32.2. The fraction of sp³-hybridized carbons (Fsp3) is 0.533. The third-order valence-electron chi connectivity index (χ3n) is 3.30. The van der Waals surface area contributed by atoms with E-state index in [1.54, 1.807) is 20.8 Å². The van der Waals surface area contributed by atoms with E-state index < -0.39 is 15.3 Å². The number of carbonyl (C=O) groups excluding carboxylic acids is 1. The van der Waals surface area contributed by atoms with Gasteiger partial charge in [0.1, 0.15) is 0 Å². The van der Waals surface area contributed by atoms with Gasteiger partial charge >= 0.3 is 0 Å². The predicted molar refractivity (Wildman–Crippen MR) is 85.8 cm³/mol. The Morgan fingerprint density at radius 3 is 2.19 bits per heavy atom. The Morgan fingerprint density at radius 2 is 1.71 bits per heavy atom. The SMILES string of the molecule is CCC(=O)Nc1ccc(C(C)CNS(=O)(=O)C(C)C)cc1. The number of anilines is 1. The van der Waals surface area contributed by atoms with Crippen molar-refractivity contribution in [2.45, 2.75) is 45.3 Å². The smallest absolute Gasteiger partial charge is 0.224 e. The van der Waals surface area contributed by atoms with Crippen molar-refractivity contribution in [2.75, 3.05) is 11.9 Å². The molecule has 0 bridgehead atoms. The number of nitrogens with one attached hydrogen (secondary N) is 2. The lowest BCUT2D eigenvalue weighted by molar-refractivity contribution is -0.115. The maximum Gasteiger partial charge on any atom is 0.224 e. The monoisotopic (exact) mass is 312 g/mol. The third-order valence-corrected chi connectivity index (χ3v) is 5.11. The van der Waals surface area contributed by atoms with E-state index in [-0.39, 0.29) is 11.8 Å². The quantitative estimate of drug-likeness (QED) is 0.812. The fourth-order valence-corrected chi connectivity index (χ4v) is 2.49. The number of amides is 1. The highest BCUT2D eigenvalue weighted by molar-refractivity contribution is 7.90. The highest BCUT2D eigenvalue weighted by Gasteiger charge is 2.16. The summed E-state index contributed by atoms with van der Waals surface area (Å²) in [4.78, 5) is 11.3. The van der Waals surface area contributed by atoms with E-state index in [2.05, 4.69) is 10.0 Å². The number of benzene rings is 1. The van der Waals surface area contributed by atoms with E-state index in [4.69, 9.17) is 0 Å². The number of hydrogen-bond acceptors (Lipinski definition) is 3. The van der Waals surface area contributed by atoms with Crippen molar-refractivity contribution >= 4 is 21.6 Å². The van der Waals surface area contributed by atoms with Gasteiger partial charge in [0, 0.05) is 18.7 Å². The first kappa shape index (κ1) is 17.7. The van der Waals surface area contributed by atoms with E-state index in [1.165, 1.54) is 0 Å². The second kappa shape index (κ2) is 7.56. The Morgan fingerprint density at radius 1 is 1.14 bits per heavy atom. The van der Waals surface area contributed by atoms with Gasteiger partial charge < -0.3 is 5.32 Å². The van der Waals surface area contributed by atoms with Crippen molar-refractivity contribution in [3.63, 3.8) is 0 Å². The second-order valence-electron chi connectivity index (χ2n) is 5.37. The molecule has 0 aliphatic carbocycles. The van der Waals surface area contributed by atoms with Crippen LogP contribution in [-0.2, 0) is 14.8 Å². The molecule has 2 N–H and O–H groups in total. The van der Waals surface area contributed by atoms with Crippen LogP contribution in [0, 0.1) is 0 Å². The Hall–Kier alpha value is -1.40. The van der Waals surface area contributed by atoms with Crippen LogP contribution in [0.2, 0.25) is 0 Å². The molecule has 21 heavy (non-hydrogen) atoms. The molecule has 118 valence electrons. The molecule has 0 aliphatic heterocycles. The zero-order chi connectivity index (χ0) is 16.0. The van der Waals surface area contributed by atoms with Crippen molar-refractivity contribution in [1.82, 2.24) is 4.72 Å². The van der Waals surface area contributed by atoms with E-state index >= 15 is 0 Å². The minimum Gasteiger partial charge on any atom is -0.326 e. The Bertz CT molecular complexity index is 565. The average Bonchev–Trinajstić information content (AvgIpc) is 2.45. The zero-order valence-corrected chi connectivity index (χ0v) is 13.8. The number of sulfonamides is 1. The van der Waals surface area contributed by atoms with Crippen LogP contribution in [0.3, 0.4) is 0 Å². The lowest BCUT2D eigenvalue weighted by Gasteiger charge is -2.15. The Balaban J connectivity index is 2.63. The maximum atomic E-state index is 11.7. The highest BCUT2D eigenvalue weighted by Crippen LogP contribution is 2.18. The summed E-state index contributed by atoms with van der Waals surface area (Å²) in [6.07, 6.45) is 0.440. The van der Waals surface area contributed by atoms with Crippen LogP contribution in [-0.4, -0.2) is 26.1 Å². The topological polar surface area (TPSA) is 75.3 Å². The standard InChI is InChI=1S/C15H24N2O3S/c1-5-15(18)17-14-8-6-13(7-9-14)12(4)10-16-21(19,20)11(2)3/h6-9,11-12,16H,5,10H2,1-4H3,(H,17,18). The molecule has 1 amide bonds. The summed E-state index contributed by atoms with van der Waals surface area (Å²) >= 11 is 0. The molecular formula is C15H24N2O3S. The van der Waals surface area contributed by atoms with E-state index in [0.717, 1.165) is 11.3 Å². The molecular weight excluding hydrogens is 288 g/mol. The average molecular weight is 312 g/mol. The second-order valence-corrected chi connectivity index (χ2v) is 7.69. The van der Waals surface area contributed by atoms with Gasteiger partial charge in [-0.05, 0) is 37.5 Å². The van der Waals surface area contributed by atoms with Crippen molar-refractivity contribution in [2.24, 2.45) is 0 Å². The minimum atomic E-state index is -3.24. The summed E-state index contributed by atoms with van der Waals surface area (Å²) < 4.78 is 26.0. The van der Waals surface area contributed by atoms with Crippen LogP contribution >= 0.6 is 0 Å². The van der Waals surface area contributed by atoms with Gasteiger partial charge in [-0.15, -0.1) is 0 Å². The molecule has 1 aromatic carbocycles. The molecule has 0 heterocycles. The normalized spacial score (nSPS) is 13.2. The Kier molecular flexibility index (Phi) is 6.36. The summed E-state index contributed by atoms with van der Waals surface area (Å²) in [6, 6.07) is 7.46. The summed E-state index contributed by atoms with van der Waals surface area (Å²) in [6.45, 7) is 7.42. The lowest BCUT2D eigenvalue weighted by Crippen LogP contribution is -2.33. The van der Waals surface area contributed by atoms with Crippen LogP contribution in [0.4, 0.5) is 5.69 Å². The van der Waals surface area contributed by atoms with Crippen LogP contribution < -0.4 is 10.0 Å². The molecule has 1 atom stereocenters. The summed E-state index contributed by atoms with van der Waals surface area (Å²) in [5, 5.41) is 2.34. The third kappa shape index (κ3) is 5.47. The number of carbonyl (C=O) groups is 1. The molecule has 0 aromatic heterocycles. The van der Waals surface area contributed by atoms with E-state index in [0.29, 0.717) is 13.0 Å². The maximum absolute atomic E-state index is 11.7. The van der Waals surface area contributed by atoms with Gasteiger partial charge in [-0.25, -0.2) is 13.1 Å². The van der Waals surface area contributed by atoms with Crippen molar-refractivity contribution in [1.29, 1.82) is 0 Å². The van der Waals surface area contributed by atoms with Crippen LogP contribution in [0.5, 0.6) is 0 Å². The molecule has 1 rings (SSSR count). The van der Waals surface area contributed by atoms with Gasteiger partial charge in [0.05, 0.1) is 5.25 Å². The van der Waals surface area contributed by atoms with E-state index in [1.807, 2.05) is 31.2 Å². The molecule has 0 fully saturated rings. The lowest BCUT2D eigenvalue weighted by atomic mass is 10.0. The van der Waals surface area contributed by atoms with Crippen molar-refractivity contribution in [3.05, 3.63) is 29.8 Å². The summed E-state index contributed by atoms with van der Waals surface area (Å²) in [5.41, 5.74) is 1.77. The first-order valence-electron chi connectivity index (χ1n) is 7.14. The van der Waals surface area contributed by atoms with Gasteiger partial charge in [0.15, 0.2) is 0 Å². The number of hydrogen-bond donors (Lipinski definition) is 2. The van der Waals surface area contributed by atoms with Crippen LogP contribution in [0.15, 0.2) is 24.3 Å². The summed E-state index contributed by atoms with van der Waals surface area (Å²) in [7, 11) is -3.24. The molecule has 1 aromatic rings. The van der Waals surface area contributed by atoms with Crippen molar-refractivity contribution in [3.8, 4) is 0 Å². The van der Waals surface area contributed by atoms with Gasteiger partial charge in [0.25, 0.3) is 0 Å². The van der Waals surface area contributed by atoms with Crippen molar-refractivity contribution < 1.29 is 13.2 Å². The zero-order valence-electron chi connectivity index (χ0n) is 13.0. The van der Waals surface area contributed by atoms with E-state index in [9.17, 15) is 13.2 Å². The fourth-order valence-electron chi connectivity index (χ4n) is 1.67. The minimum absolute atomic E-state index is 0.0273. The number of rotatable bonds is 7. The molecule has 0 saturated carbocycles. The molecule has 0 spiro atoms. The molecule has 6 heteroatoms. The molecule has 1 unspecified atom stereocenters. The Labute approximate surface area is 127 Å². The molecule has 5 nitrogen and oxygen atoms in total. The first-order chi connectivity index (χ1) is 9.76. The van der Waals surface area contributed by atoms with Gasteiger partial charge in [-0.3, -0.25) is 4.79 Å². The van der Waals surface area contributed by atoms with Crippen LogP contribution in [0.25, 0.3) is 0 Å². The molecule has 0 aliphatic rings. The van der Waals surface area contributed by atoms with Gasteiger partial charge in [-0.2, -0.15) is 0 Å². The molecule has 0 saturated heterocycles. The first-order valence-corrected chi connectivity index (χ1v) is 8.69. The molecule has 0 radical (unpaired) electrons. The summed E-state index contributed by atoms with van der Waals surface area (Å²) in [5.74, 6) is 0.0370. The largest absolute Gasteiger partial charge is 0.326 e. The van der Waals surface area contributed by atoms with Gasteiger partial charge in [0.2, 0.25) is 15.9 Å². The van der Waals surface area contributed by atoms with Crippen LogP contribution in [0.1, 0.15) is 45.6 Å². The predicted octanol–water partition coefficient (Wildman–Crippen LogP) is 2.47.